The van der Waals surface area contributed by atoms with Gasteiger partial charge in [-0.2, -0.15) is 5.10 Å². The molecule has 0 aromatic carbocycles. The van der Waals surface area contributed by atoms with Gasteiger partial charge in [-0.3, -0.25) is 19.8 Å². The van der Waals surface area contributed by atoms with Crippen LogP contribution in [0.5, 0.6) is 0 Å². The highest BCUT2D eigenvalue weighted by atomic mass is 16.2. The quantitative estimate of drug-likeness (QED) is 0.407. The third-order valence-electron chi connectivity index (χ3n) is 2.58. The molecule has 16 heavy (non-hydrogen) atoms. The van der Waals surface area contributed by atoms with E-state index in [2.05, 4.69) is 15.4 Å². The molecule has 1 unspecified atom stereocenters. The predicted octanol–water partition coefficient (Wildman–Crippen LogP) is -0.380. The number of nitrogens with one attached hydrogen (secondary N) is 1. The third-order valence-corrected chi connectivity index (χ3v) is 2.58. The van der Waals surface area contributed by atoms with Crippen LogP contribution in [0.25, 0.3) is 0 Å². The van der Waals surface area contributed by atoms with Crippen LogP contribution in [-0.2, 0) is 18.4 Å². The van der Waals surface area contributed by atoms with Crippen LogP contribution in [0.3, 0.4) is 0 Å². The Labute approximate surface area is 95.4 Å². The number of carbonyl (C=O) groups is 1. The molecule has 90 valence electrons. The summed E-state index contributed by atoms with van der Waals surface area (Å²) >= 11 is 0. The molecule has 1 heterocycles. The fourth-order valence-corrected chi connectivity index (χ4v) is 1.48. The summed E-state index contributed by atoms with van der Waals surface area (Å²) in [5.74, 6) is 4.90. The van der Waals surface area contributed by atoms with Gasteiger partial charge in [-0.1, -0.05) is 0 Å². The first kappa shape index (κ1) is 12.7. The molecule has 0 bridgehead atoms. The normalized spacial score (nSPS) is 12.8. The lowest BCUT2D eigenvalue weighted by atomic mass is 10.2. The Morgan fingerprint density at radius 3 is 2.94 bits per heavy atom. The molecule has 0 spiro atoms. The summed E-state index contributed by atoms with van der Waals surface area (Å²) in [4.78, 5) is 13.2. The highest BCUT2D eigenvalue weighted by molar-refractivity contribution is 5.75. The third kappa shape index (κ3) is 3.63. The van der Waals surface area contributed by atoms with E-state index < -0.39 is 0 Å². The van der Waals surface area contributed by atoms with Crippen LogP contribution in [0.15, 0.2) is 12.4 Å². The van der Waals surface area contributed by atoms with Gasteiger partial charge in [-0.25, -0.2) is 5.84 Å². The highest BCUT2D eigenvalue weighted by Gasteiger charge is 2.13. The zero-order valence-corrected chi connectivity index (χ0v) is 9.97. The van der Waals surface area contributed by atoms with Gasteiger partial charge in [0.1, 0.15) is 0 Å². The lowest BCUT2D eigenvalue weighted by Gasteiger charge is -2.23. The largest absolute Gasteiger partial charge is 0.299 e. The Kier molecular flexibility index (Phi) is 4.45. The first-order valence-corrected chi connectivity index (χ1v) is 5.20. The maximum Gasteiger partial charge on any atom is 0.235 e. The Morgan fingerprint density at radius 2 is 2.44 bits per heavy atom. The lowest BCUT2D eigenvalue weighted by Crippen LogP contribution is -2.37. The van der Waals surface area contributed by atoms with Crippen molar-refractivity contribution in [2.45, 2.75) is 25.9 Å². The second kappa shape index (κ2) is 5.62. The van der Waals surface area contributed by atoms with Crippen LogP contribution in [-0.4, -0.2) is 33.7 Å². The van der Waals surface area contributed by atoms with Crippen LogP contribution >= 0.6 is 0 Å². The summed E-state index contributed by atoms with van der Waals surface area (Å²) in [5, 5.41) is 4.10. The number of aromatic nitrogens is 2. The number of nitrogens with zero attached hydrogens (tertiary/aromatic N) is 3. The predicted molar refractivity (Wildman–Crippen MR) is 61.1 cm³/mol. The molecular weight excluding hydrogens is 206 g/mol. The van der Waals surface area contributed by atoms with Crippen molar-refractivity contribution >= 4 is 5.91 Å². The number of hydrogen-bond acceptors (Lipinski definition) is 4. The van der Waals surface area contributed by atoms with Crippen LogP contribution in [0.2, 0.25) is 0 Å². The maximum atomic E-state index is 11.1. The van der Waals surface area contributed by atoms with E-state index in [1.807, 2.05) is 33.4 Å². The van der Waals surface area contributed by atoms with Gasteiger partial charge >= 0.3 is 0 Å². The van der Waals surface area contributed by atoms with E-state index >= 15 is 0 Å². The minimum Gasteiger partial charge on any atom is -0.299 e. The smallest absolute Gasteiger partial charge is 0.235 e. The number of amides is 1. The van der Waals surface area contributed by atoms with Crippen molar-refractivity contribution in [1.82, 2.24) is 20.1 Å². The van der Waals surface area contributed by atoms with E-state index in [9.17, 15) is 4.79 Å². The fraction of sp³-hybridized carbons (Fsp3) is 0.600. The Bertz CT molecular complexity index is 349. The Hall–Kier alpha value is -1.40. The lowest BCUT2D eigenvalue weighted by molar-refractivity contribution is -0.122. The number of hydrazine groups is 1. The SMILES string of the molecule is CC(CC(=O)NN)N(C)Cc1cnn(C)c1. The van der Waals surface area contributed by atoms with Crippen molar-refractivity contribution < 1.29 is 4.79 Å². The molecule has 3 N–H and O–H groups in total. The summed E-state index contributed by atoms with van der Waals surface area (Å²) in [6.45, 7) is 2.76. The standard InChI is InChI=1S/C10H19N5O/c1-8(4-10(16)13-11)14(2)6-9-5-12-15(3)7-9/h5,7-8H,4,6,11H2,1-3H3,(H,13,16). The van der Waals surface area contributed by atoms with Gasteiger partial charge in [-0.05, 0) is 14.0 Å². The van der Waals surface area contributed by atoms with Crippen LogP contribution in [0.4, 0.5) is 0 Å². The monoisotopic (exact) mass is 225 g/mol. The van der Waals surface area contributed by atoms with E-state index in [0.29, 0.717) is 6.42 Å². The van der Waals surface area contributed by atoms with Crippen molar-refractivity contribution in [2.75, 3.05) is 7.05 Å². The average molecular weight is 225 g/mol. The van der Waals surface area contributed by atoms with E-state index in [4.69, 9.17) is 5.84 Å². The van der Waals surface area contributed by atoms with Gasteiger partial charge in [0.25, 0.3) is 0 Å². The second-order valence-corrected chi connectivity index (χ2v) is 4.06. The first-order valence-electron chi connectivity index (χ1n) is 5.20. The van der Waals surface area contributed by atoms with Gasteiger partial charge in [0.15, 0.2) is 0 Å². The van der Waals surface area contributed by atoms with Gasteiger partial charge in [0.05, 0.1) is 6.20 Å². The minimum atomic E-state index is -0.148. The number of nitrogens with two attached hydrogens (primary N) is 1. The van der Waals surface area contributed by atoms with Crippen molar-refractivity contribution in [1.29, 1.82) is 0 Å². The summed E-state index contributed by atoms with van der Waals surface area (Å²) in [7, 11) is 3.86. The molecule has 0 fully saturated rings. The van der Waals surface area contributed by atoms with Gasteiger partial charge < -0.3 is 0 Å². The molecule has 0 saturated heterocycles. The molecule has 0 aliphatic rings. The number of hydrogen-bond donors (Lipinski definition) is 2. The Balaban J connectivity index is 2.45. The van der Waals surface area contributed by atoms with Crippen molar-refractivity contribution in [2.24, 2.45) is 12.9 Å². The van der Waals surface area contributed by atoms with Crippen LogP contribution in [0, 0.1) is 0 Å². The van der Waals surface area contributed by atoms with Crippen molar-refractivity contribution in [3.05, 3.63) is 18.0 Å². The zero-order chi connectivity index (χ0) is 12.1. The van der Waals surface area contributed by atoms with Crippen molar-refractivity contribution in [3.8, 4) is 0 Å². The molecule has 1 aromatic rings. The van der Waals surface area contributed by atoms with Gasteiger partial charge in [-0.15, -0.1) is 0 Å². The molecule has 0 aliphatic heterocycles. The molecular formula is C10H19N5O. The minimum absolute atomic E-state index is 0.142. The van der Waals surface area contributed by atoms with Crippen LogP contribution in [0.1, 0.15) is 18.9 Å². The highest BCUT2D eigenvalue weighted by Crippen LogP contribution is 2.07. The van der Waals surface area contributed by atoms with E-state index in [0.717, 1.165) is 12.1 Å². The van der Waals surface area contributed by atoms with Crippen LogP contribution < -0.4 is 11.3 Å². The molecule has 1 atom stereocenters. The van der Waals surface area contributed by atoms with Crippen molar-refractivity contribution in [3.63, 3.8) is 0 Å². The summed E-state index contributed by atoms with van der Waals surface area (Å²) in [6.07, 6.45) is 4.19. The summed E-state index contributed by atoms with van der Waals surface area (Å²) in [6, 6.07) is 0.142. The molecule has 1 amide bonds. The molecule has 6 nitrogen and oxygen atoms in total. The fourth-order valence-electron chi connectivity index (χ4n) is 1.48. The van der Waals surface area contributed by atoms with Gasteiger partial charge in [0.2, 0.25) is 5.91 Å². The second-order valence-electron chi connectivity index (χ2n) is 4.06. The Morgan fingerprint density at radius 1 is 1.75 bits per heavy atom. The molecule has 0 aliphatic carbocycles. The number of carbonyl (C=O) groups excluding carboxylic acids is 1. The molecule has 1 rings (SSSR count). The average Bonchev–Trinajstić information content (AvgIpc) is 2.63. The van der Waals surface area contributed by atoms with E-state index in [1.54, 1.807) is 4.68 Å². The molecule has 0 saturated carbocycles. The molecule has 1 aromatic heterocycles. The number of rotatable bonds is 5. The molecule has 6 heteroatoms. The maximum absolute atomic E-state index is 11.1. The van der Waals surface area contributed by atoms with Gasteiger partial charge in [0, 0.05) is 37.8 Å². The first-order chi connectivity index (χ1) is 7.52. The van der Waals surface area contributed by atoms with E-state index in [1.165, 1.54) is 0 Å². The zero-order valence-electron chi connectivity index (χ0n) is 9.97. The number of aryl methyl sites for hydroxylation is 1. The summed E-state index contributed by atoms with van der Waals surface area (Å²) < 4.78 is 1.76. The topological polar surface area (TPSA) is 76.2 Å². The molecule has 0 radical (unpaired) electrons. The van der Waals surface area contributed by atoms with E-state index in [-0.39, 0.29) is 11.9 Å². The summed E-state index contributed by atoms with van der Waals surface area (Å²) in [5.41, 5.74) is 3.27.